The van der Waals surface area contributed by atoms with Crippen LogP contribution in [0, 0.1) is 5.82 Å². The summed E-state index contributed by atoms with van der Waals surface area (Å²) in [7, 11) is 0. The second-order valence-corrected chi connectivity index (χ2v) is 7.07. The van der Waals surface area contributed by atoms with Crippen molar-refractivity contribution in [1.29, 1.82) is 0 Å². The molecule has 0 bridgehead atoms. The first kappa shape index (κ1) is 14.4. The van der Waals surface area contributed by atoms with Gasteiger partial charge in [-0.2, -0.15) is 0 Å². The quantitative estimate of drug-likeness (QED) is 0.338. The molecule has 5 rings (SSSR count). The first-order valence-electron chi connectivity index (χ1n) is 8.15. The Bertz CT molecular complexity index is 1180. The molecule has 0 saturated carbocycles. The summed E-state index contributed by atoms with van der Waals surface area (Å²) in [6.07, 6.45) is 0. The molecule has 0 aliphatic rings. The van der Waals surface area contributed by atoms with Gasteiger partial charge in [-0.1, -0.05) is 48.5 Å². The molecule has 0 aliphatic carbocycles. The average Bonchev–Trinajstić information content (AvgIpc) is 3.21. The molecule has 0 fully saturated rings. The van der Waals surface area contributed by atoms with Gasteiger partial charge in [0.05, 0.1) is 15.7 Å². The number of halogens is 1. The number of para-hydroxylation sites is 1. The van der Waals surface area contributed by atoms with Gasteiger partial charge in [-0.25, -0.2) is 4.39 Å². The fourth-order valence-electron chi connectivity index (χ4n) is 3.34. The van der Waals surface area contributed by atoms with Crippen LogP contribution in [-0.4, -0.2) is 4.57 Å². The Labute approximate surface area is 148 Å². The zero-order chi connectivity index (χ0) is 16.8. The molecule has 3 heteroatoms. The lowest BCUT2D eigenvalue weighted by Gasteiger charge is -2.07. The maximum absolute atomic E-state index is 13.4. The Kier molecular flexibility index (Phi) is 3.22. The van der Waals surface area contributed by atoms with E-state index in [2.05, 4.69) is 53.1 Å². The molecule has 0 spiro atoms. The van der Waals surface area contributed by atoms with E-state index >= 15 is 0 Å². The van der Waals surface area contributed by atoms with Gasteiger partial charge in [0.15, 0.2) is 0 Å². The summed E-state index contributed by atoms with van der Waals surface area (Å²) >= 11 is 1.80. The molecular formula is C22H14FNS. The van der Waals surface area contributed by atoms with Crippen molar-refractivity contribution in [2.75, 3.05) is 0 Å². The topological polar surface area (TPSA) is 4.93 Å². The van der Waals surface area contributed by atoms with Crippen molar-refractivity contribution in [2.24, 2.45) is 0 Å². The second kappa shape index (κ2) is 5.57. The number of aromatic nitrogens is 1. The van der Waals surface area contributed by atoms with Crippen LogP contribution in [0.4, 0.5) is 4.39 Å². The number of thiophene rings is 1. The van der Waals surface area contributed by atoms with Gasteiger partial charge in [0.25, 0.3) is 0 Å². The number of rotatable bonds is 2. The first-order valence-corrected chi connectivity index (χ1v) is 8.97. The fraction of sp³-hybridized carbons (Fsp3) is 0. The Morgan fingerprint density at radius 3 is 2.24 bits per heavy atom. The molecule has 0 saturated heterocycles. The third-order valence-corrected chi connectivity index (χ3v) is 5.69. The molecule has 120 valence electrons. The largest absolute Gasteiger partial charge is 0.308 e. The lowest BCUT2D eigenvalue weighted by atomic mass is 10.2. The number of fused-ring (bicyclic) bond motifs is 3. The maximum atomic E-state index is 13.4. The van der Waals surface area contributed by atoms with E-state index < -0.39 is 0 Å². The standard InChI is InChI=1S/C22H14FNS/c23-16-10-12-17(13-11-16)24-19-9-5-4-8-18(19)22-20(24)14-21(25-22)15-6-2-1-3-7-15/h1-14H. The van der Waals surface area contributed by atoms with E-state index in [0.717, 1.165) is 16.7 Å². The maximum Gasteiger partial charge on any atom is 0.123 e. The predicted octanol–water partition coefficient (Wildman–Crippen LogP) is 6.65. The van der Waals surface area contributed by atoms with Crippen molar-refractivity contribution in [3.63, 3.8) is 0 Å². The first-order chi connectivity index (χ1) is 12.3. The van der Waals surface area contributed by atoms with Crippen LogP contribution in [-0.2, 0) is 0 Å². The SMILES string of the molecule is Fc1ccc(-n2c3ccccc3c3sc(-c4ccccc4)cc32)cc1. The van der Waals surface area contributed by atoms with Gasteiger partial charge in [0.2, 0.25) is 0 Å². The van der Waals surface area contributed by atoms with Gasteiger partial charge in [-0.3, -0.25) is 0 Å². The highest BCUT2D eigenvalue weighted by Crippen LogP contribution is 2.41. The van der Waals surface area contributed by atoms with Crippen molar-refractivity contribution in [1.82, 2.24) is 4.57 Å². The molecule has 5 aromatic rings. The third-order valence-electron chi connectivity index (χ3n) is 4.49. The molecule has 25 heavy (non-hydrogen) atoms. The van der Waals surface area contributed by atoms with Crippen molar-refractivity contribution < 1.29 is 4.39 Å². The van der Waals surface area contributed by atoms with E-state index in [0.29, 0.717) is 0 Å². The monoisotopic (exact) mass is 343 g/mol. The minimum Gasteiger partial charge on any atom is -0.308 e. The van der Waals surface area contributed by atoms with Crippen LogP contribution in [0.5, 0.6) is 0 Å². The summed E-state index contributed by atoms with van der Waals surface area (Å²) in [4.78, 5) is 1.24. The number of nitrogens with zero attached hydrogens (tertiary/aromatic N) is 1. The van der Waals surface area contributed by atoms with Gasteiger partial charge in [-0.05, 0) is 42.0 Å². The van der Waals surface area contributed by atoms with E-state index in [1.54, 1.807) is 11.3 Å². The molecule has 1 nitrogen and oxygen atoms in total. The minimum atomic E-state index is -0.216. The van der Waals surface area contributed by atoms with Crippen LogP contribution in [0.3, 0.4) is 0 Å². The van der Waals surface area contributed by atoms with Gasteiger partial charge < -0.3 is 4.57 Å². The zero-order valence-electron chi connectivity index (χ0n) is 13.3. The van der Waals surface area contributed by atoms with Crippen molar-refractivity contribution in [3.05, 3.63) is 90.7 Å². The van der Waals surface area contributed by atoms with Crippen molar-refractivity contribution in [2.45, 2.75) is 0 Å². The molecule has 0 radical (unpaired) electrons. The van der Waals surface area contributed by atoms with Crippen LogP contribution in [0.1, 0.15) is 0 Å². The Morgan fingerprint density at radius 2 is 1.44 bits per heavy atom. The van der Waals surface area contributed by atoms with Crippen LogP contribution in [0.15, 0.2) is 84.9 Å². The summed E-state index contributed by atoms with van der Waals surface area (Å²) in [5, 5.41) is 1.23. The van der Waals surface area contributed by atoms with Crippen LogP contribution < -0.4 is 0 Å². The number of hydrogen-bond donors (Lipinski definition) is 0. The molecule has 2 heterocycles. The number of hydrogen-bond acceptors (Lipinski definition) is 1. The molecule has 0 atom stereocenters. The van der Waals surface area contributed by atoms with Gasteiger partial charge in [0.1, 0.15) is 5.82 Å². The molecule has 0 N–H and O–H groups in total. The van der Waals surface area contributed by atoms with E-state index in [-0.39, 0.29) is 5.82 Å². The van der Waals surface area contributed by atoms with Gasteiger partial charge in [-0.15, -0.1) is 11.3 Å². The zero-order valence-corrected chi connectivity index (χ0v) is 14.1. The van der Waals surface area contributed by atoms with Crippen LogP contribution in [0.25, 0.3) is 37.2 Å². The van der Waals surface area contributed by atoms with Crippen molar-refractivity contribution in [3.8, 4) is 16.1 Å². The summed E-state index contributed by atoms with van der Waals surface area (Å²) < 4.78 is 16.9. The van der Waals surface area contributed by atoms with E-state index in [9.17, 15) is 4.39 Å². The van der Waals surface area contributed by atoms with Crippen LogP contribution >= 0.6 is 11.3 Å². The third kappa shape index (κ3) is 2.28. The summed E-state index contributed by atoms with van der Waals surface area (Å²) in [5.74, 6) is -0.216. The van der Waals surface area contributed by atoms with Crippen molar-refractivity contribution >= 4 is 32.5 Å². The molecule has 0 unspecified atom stereocenters. The smallest absolute Gasteiger partial charge is 0.123 e. The highest BCUT2D eigenvalue weighted by molar-refractivity contribution is 7.23. The fourth-order valence-corrected chi connectivity index (χ4v) is 4.53. The summed E-state index contributed by atoms with van der Waals surface area (Å²) in [5.41, 5.74) is 4.51. The second-order valence-electron chi connectivity index (χ2n) is 6.02. The lowest BCUT2D eigenvalue weighted by molar-refractivity contribution is 0.627. The van der Waals surface area contributed by atoms with Crippen LogP contribution in [0.2, 0.25) is 0 Å². The Morgan fingerprint density at radius 1 is 0.720 bits per heavy atom. The normalized spacial score (nSPS) is 11.4. The molecule has 0 aliphatic heterocycles. The highest BCUT2D eigenvalue weighted by atomic mass is 32.1. The molecule has 2 aromatic heterocycles. The summed E-state index contributed by atoms with van der Waals surface area (Å²) in [6.45, 7) is 0. The lowest BCUT2D eigenvalue weighted by Crippen LogP contribution is -1.93. The Balaban J connectivity index is 1.84. The molecular weight excluding hydrogens is 329 g/mol. The van der Waals surface area contributed by atoms with E-state index in [1.807, 2.05) is 24.3 Å². The highest BCUT2D eigenvalue weighted by Gasteiger charge is 2.15. The van der Waals surface area contributed by atoms with Gasteiger partial charge >= 0.3 is 0 Å². The Hall–Kier alpha value is -2.91. The molecule has 3 aromatic carbocycles. The van der Waals surface area contributed by atoms with E-state index in [4.69, 9.17) is 0 Å². The van der Waals surface area contributed by atoms with E-state index in [1.165, 1.54) is 32.7 Å². The predicted molar refractivity (Wildman–Crippen MR) is 104 cm³/mol. The molecule has 0 amide bonds. The average molecular weight is 343 g/mol. The number of benzene rings is 3. The minimum absolute atomic E-state index is 0.216. The van der Waals surface area contributed by atoms with Gasteiger partial charge in [0, 0.05) is 16.0 Å². The summed E-state index contributed by atoms with van der Waals surface area (Å²) in [6, 6.07) is 27.7.